The number of Topliss-reactive ketones (excluding diaryl/α,β-unsaturated/α-hetero) is 1. The maximum Gasteiger partial charge on any atom is 0.407 e. The Morgan fingerprint density at radius 3 is 2.53 bits per heavy atom. The molecule has 0 spiro atoms. The second kappa shape index (κ2) is 14.0. The highest BCUT2D eigenvalue weighted by Gasteiger charge is 2.15. The number of alkyl carbamates (subject to hydrolysis) is 1. The van der Waals surface area contributed by atoms with Gasteiger partial charge in [-0.3, -0.25) is 0 Å². The predicted molar refractivity (Wildman–Crippen MR) is 176 cm³/mol. The summed E-state index contributed by atoms with van der Waals surface area (Å²) in [6.07, 6.45) is 1.01. The van der Waals surface area contributed by atoms with Crippen molar-refractivity contribution in [1.82, 2.24) is 25.3 Å². The summed E-state index contributed by atoms with van der Waals surface area (Å²) in [7, 11) is 1.95. The molecule has 1 aromatic carbocycles. The standard InChI is InChI=1S/C31H30N8O4S2/c1-18(26(33-3)19(2)40)22-9-10-23(44-22)24-11-12-25(45-24)39(4)13-14-42-31(41)34-15-20-5-7-21(8-6-20)16-43-29-27-28(36-17-35-27)37-30(32)38-29/h5-12,17H,13-16H2,1-2,4H3,(H,34,41)(H3,32,35,36,37,38)/b26-18-. The largest absolute Gasteiger partial charge is 0.471 e. The molecule has 4 aromatic heterocycles. The normalized spacial score (nSPS) is 11.5. The van der Waals surface area contributed by atoms with Gasteiger partial charge >= 0.3 is 6.09 Å². The minimum atomic E-state index is -0.494. The van der Waals surface area contributed by atoms with E-state index in [9.17, 15) is 9.59 Å². The van der Waals surface area contributed by atoms with Crippen LogP contribution in [0.25, 0.3) is 31.3 Å². The molecule has 0 atom stereocenters. The van der Waals surface area contributed by atoms with Crippen LogP contribution in [-0.4, -0.2) is 52.0 Å². The quantitative estimate of drug-likeness (QED) is 0.111. The van der Waals surface area contributed by atoms with E-state index in [0.29, 0.717) is 35.7 Å². The van der Waals surface area contributed by atoms with Crippen LogP contribution in [0.2, 0.25) is 0 Å². The Morgan fingerprint density at radius 2 is 1.78 bits per heavy atom. The SMILES string of the molecule is [C-]#[N+]/C(C(C)=O)=C(/C)c1ccc(-c2ccc(N(C)CCOC(=O)NCc3ccc(COc4nc(N)nc5nc[nH]c45)cc3)s2)s1. The number of fused-ring (bicyclic) bond motifs is 1. The van der Waals surface area contributed by atoms with E-state index in [1.165, 1.54) is 13.3 Å². The van der Waals surface area contributed by atoms with E-state index in [1.807, 2.05) is 60.5 Å². The van der Waals surface area contributed by atoms with Crippen molar-refractivity contribution in [2.45, 2.75) is 27.0 Å². The number of nitrogens with zero attached hydrogens (tertiary/aromatic N) is 5. The molecule has 5 rings (SSSR count). The lowest BCUT2D eigenvalue weighted by atomic mass is 10.1. The Hall–Kier alpha value is -5.26. The molecule has 230 valence electrons. The molecule has 14 heteroatoms. The lowest BCUT2D eigenvalue weighted by Crippen LogP contribution is -2.28. The number of amides is 1. The molecule has 4 N–H and O–H groups in total. The van der Waals surface area contributed by atoms with Crippen LogP contribution in [0.3, 0.4) is 0 Å². The van der Waals surface area contributed by atoms with Crippen molar-refractivity contribution >= 4 is 62.2 Å². The number of aromatic amines is 1. The average Bonchev–Trinajstić information content (AvgIpc) is 3.80. The fourth-order valence-electron chi connectivity index (χ4n) is 4.32. The first-order valence-corrected chi connectivity index (χ1v) is 15.4. The average molecular weight is 643 g/mol. The highest BCUT2D eigenvalue weighted by molar-refractivity contribution is 7.24. The number of rotatable bonds is 12. The highest BCUT2D eigenvalue weighted by Crippen LogP contribution is 2.39. The topological polar surface area (TPSA) is 153 Å². The zero-order chi connectivity index (χ0) is 31.9. The minimum Gasteiger partial charge on any atom is -0.471 e. The first-order chi connectivity index (χ1) is 21.7. The highest BCUT2D eigenvalue weighted by atomic mass is 32.1. The van der Waals surface area contributed by atoms with Crippen molar-refractivity contribution < 1.29 is 19.1 Å². The van der Waals surface area contributed by atoms with E-state index < -0.39 is 6.09 Å². The van der Waals surface area contributed by atoms with Crippen molar-refractivity contribution in [3.63, 3.8) is 0 Å². The van der Waals surface area contributed by atoms with Crippen molar-refractivity contribution in [1.29, 1.82) is 0 Å². The van der Waals surface area contributed by atoms with Gasteiger partial charge in [0.2, 0.25) is 17.5 Å². The van der Waals surface area contributed by atoms with E-state index in [4.69, 9.17) is 21.8 Å². The number of nitrogens with one attached hydrogen (secondary N) is 2. The van der Waals surface area contributed by atoms with E-state index in [2.05, 4.69) is 30.1 Å². The van der Waals surface area contributed by atoms with Crippen LogP contribution in [0.1, 0.15) is 29.9 Å². The van der Waals surface area contributed by atoms with E-state index in [1.54, 1.807) is 29.6 Å². The van der Waals surface area contributed by atoms with Crippen LogP contribution in [-0.2, 0) is 22.7 Å². The molecule has 0 saturated heterocycles. The Balaban J connectivity index is 1.05. The first-order valence-electron chi connectivity index (χ1n) is 13.8. The minimum absolute atomic E-state index is 0.0859. The van der Waals surface area contributed by atoms with Gasteiger partial charge in [0, 0.05) is 28.2 Å². The van der Waals surface area contributed by atoms with Gasteiger partial charge in [0.05, 0.1) is 24.4 Å². The Bertz CT molecular complexity index is 1900. The maximum atomic E-state index is 12.3. The summed E-state index contributed by atoms with van der Waals surface area (Å²) in [6, 6.07) is 15.6. The van der Waals surface area contributed by atoms with Gasteiger partial charge in [0.1, 0.15) is 18.7 Å². The Morgan fingerprint density at radius 1 is 1.04 bits per heavy atom. The van der Waals surface area contributed by atoms with Crippen molar-refractivity contribution in [3.8, 4) is 15.6 Å². The molecule has 0 aliphatic heterocycles. The number of imidazole rings is 1. The zero-order valence-electron chi connectivity index (χ0n) is 24.8. The molecular weight excluding hydrogens is 613 g/mol. The fraction of sp³-hybridized carbons (Fsp3) is 0.226. The number of benzene rings is 1. The third-order valence-corrected chi connectivity index (χ3v) is 9.35. The number of ether oxygens (including phenoxy) is 2. The van der Waals surface area contributed by atoms with Crippen LogP contribution >= 0.6 is 22.7 Å². The third kappa shape index (κ3) is 7.64. The summed E-state index contributed by atoms with van der Waals surface area (Å²) in [6.45, 7) is 11.9. The summed E-state index contributed by atoms with van der Waals surface area (Å²) >= 11 is 3.17. The maximum absolute atomic E-state index is 12.3. The van der Waals surface area contributed by atoms with Crippen LogP contribution in [0.5, 0.6) is 5.88 Å². The number of nitrogens with two attached hydrogens (primary N) is 1. The van der Waals surface area contributed by atoms with Gasteiger partial charge < -0.3 is 35.2 Å². The lowest BCUT2D eigenvalue weighted by molar-refractivity contribution is -0.113. The molecule has 0 fully saturated rings. The molecule has 12 nitrogen and oxygen atoms in total. The number of anilines is 2. The molecule has 0 aliphatic carbocycles. The summed E-state index contributed by atoms with van der Waals surface area (Å²) in [5.41, 5.74) is 9.44. The molecule has 0 saturated carbocycles. The molecule has 0 bridgehead atoms. The second-order valence-corrected chi connectivity index (χ2v) is 12.1. The lowest BCUT2D eigenvalue weighted by Gasteiger charge is -2.17. The number of carbonyl (C=O) groups is 2. The zero-order valence-corrected chi connectivity index (χ0v) is 26.4. The number of ketones is 1. The summed E-state index contributed by atoms with van der Waals surface area (Å²) in [5.74, 6) is 0.188. The molecule has 4 heterocycles. The van der Waals surface area contributed by atoms with Crippen molar-refractivity contribution in [3.05, 3.63) is 88.0 Å². The summed E-state index contributed by atoms with van der Waals surface area (Å²) in [5, 5.41) is 3.81. The third-order valence-electron chi connectivity index (χ3n) is 6.75. The second-order valence-electron chi connectivity index (χ2n) is 9.95. The molecule has 1 amide bonds. The first kappa shape index (κ1) is 31.2. The van der Waals surface area contributed by atoms with Gasteiger partial charge in [-0.05, 0) is 54.8 Å². The number of hydrogen-bond donors (Lipinski definition) is 3. The number of H-pyrrole nitrogens is 1. The van der Waals surface area contributed by atoms with Gasteiger partial charge in [-0.25, -0.2) is 14.6 Å². The van der Waals surface area contributed by atoms with Crippen LogP contribution < -0.4 is 20.7 Å². The van der Waals surface area contributed by atoms with E-state index in [0.717, 1.165) is 30.8 Å². The van der Waals surface area contributed by atoms with E-state index in [-0.39, 0.29) is 30.6 Å². The number of aromatic nitrogens is 4. The molecule has 5 aromatic rings. The van der Waals surface area contributed by atoms with Gasteiger partial charge in [0.15, 0.2) is 11.4 Å². The fourth-order valence-corrected chi connectivity index (χ4v) is 6.41. The molecular formula is C31H30N8O4S2. The molecule has 0 radical (unpaired) electrons. The Labute approximate surface area is 267 Å². The monoisotopic (exact) mass is 642 g/mol. The number of hydrogen-bond acceptors (Lipinski definition) is 11. The predicted octanol–water partition coefficient (Wildman–Crippen LogP) is 5.91. The number of thiophene rings is 2. The molecule has 0 unspecified atom stereocenters. The van der Waals surface area contributed by atoms with Crippen LogP contribution in [0.4, 0.5) is 15.7 Å². The number of nitrogen functional groups attached to an aromatic ring is 1. The molecule has 45 heavy (non-hydrogen) atoms. The van der Waals surface area contributed by atoms with Gasteiger partial charge in [0.25, 0.3) is 0 Å². The smallest absolute Gasteiger partial charge is 0.407 e. The number of carbonyl (C=O) groups excluding carboxylic acids is 2. The van der Waals surface area contributed by atoms with E-state index >= 15 is 0 Å². The summed E-state index contributed by atoms with van der Waals surface area (Å²) < 4.78 is 11.2. The summed E-state index contributed by atoms with van der Waals surface area (Å²) in [4.78, 5) is 47.7. The van der Waals surface area contributed by atoms with Crippen LogP contribution in [0, 0.1) is 6.57 Å². The number of allylic oxidation sites excluding steroid dienone is 2. The van der Waals surface area contributed by atoms with Crippen molar-refractivity contribution in [2.75, 3.05) is 30.8 Å². The Kier molecular flexibility index (Phi) is 9.71. The van der Waals surface area contributed by atoms with Crippen LogP contribution in [0.15, 0.2) is 60.6 Å². The number of likely N-dealkylation sites (N-methyl/N-ethyl adjacent to an activating group) is 1. The van der Waals surface area contributed by atoms with Gasteiger partial charge in [-0.1, -0.05) is 24.3 Å². The van der Waals surface area contributed by atoms with Crippen molar-refractivity contribution in [2.24, 2.45) is 0 Å². The van der Waals surface area contributed by atoms with Gasteiger partial charge in [-0.2, -0.15) is 9.97 Å². The van der Waals surface area contributed by atoms with Gasteiger partial charge in [-0.15, -0.1) is 22.7 Å². The molecule has 0 aliphatic rings.